The van der Waals surface area contributed by atoms with Crippen LogP contribution in [-0.4, -0.2) is 24.0 Å². The molecule has 3 rings (SSSR count). The highest BCUT2D eigenvalue weighted by Gasteiger charge is 2.23. The van der Waals surface area contributed by atoms with Crippen LogP contribution in [0.1, 0.15) is 57.1 Å². The van der Waals surface area contributed by atoms with E-state index in [0.717, 1.165) is 25.0 Å². The van der Waals surface area contributed by atoms with E-state index in [-0.39, 0.29) is 0 Å². The molecule has 0 unspecified atom stereocenters. The number of hydrogen-bond acceptors (Lipinski definition) is 2. The van der Waals surface area contributed by atoms with Gasteiger partial charge in [0.15, 0.2) is 0 Å². The van der Waals surface area contributed by atoms with E-state index in [1.807, 2.05) is 0 Å². The van der Waals surface area contributed by atoms with Gasteiger partial charge in [0.25, 0.3) is 0 Å². The number of hydrogen-bond donors (Lipinski definition) is 1. The van der Waals surface area contributed by atoms with Crippen LogP contribution < -0.4 is 5.32 Å². The Morgan fingerprint density at radius 1 is 1.19 bits per heavy atom. The van der Waals surface area contributed by atoms with Crippen molar-refractivity contribution in [2.45, 2.75) is 65.0 Å². The van der Waals surface area contributed by atoms with Crippen LogP contribution in [0.3, 0.4) is 0 Å². The van der Waals surface area contributed by atoms with Gasteiger partial charge in [-0.1, -0.05) is 38.8 Å². The van der Waals surface area contributed by atoms with Gasteiger partial charge in [0.2, 0.25) is 0 Å². The Bertz CT molecular complexity index is 461. The molecule has 0 aromatic heterocycles. The van der Waals surface area contributed by atoms with Crippen molar-refractivity contribution in [2.24, 2.45) is 5.92 Å². The molecular formula is C19H30N2. The van der Waals surface area contributed by atoms with Gasteiger partial charge in [-0.3, -0.25) is 4.90 Å². The van der Waals surface area contributed by atoms with Gasteiger partial charge >= 0.3 is 0 Å². The number of benzene rings is 1. The first-order chi connectivity index (χ1) is 10.2. The zero-order valence-electron chi connectivity index (χ0n) is 13.7. The van der Waals surface area contributed by atoms with Crippen molar-refractivity contribution < 1.29 is 0 Å². The molecule has 21 heavy (non-hydrogen) atoms. The monoisotopic (exact) mass is 286 g/mol. The van der Waals surface area contributed by atoms with Crippen molar-refractivity contribution in [3.05, 3.63) is 29.3 Å². The number of fused-ring (bicyclic) bond motifs is 1. The molecule has 2 aliphatic rings. The fourth-order valence-corrected chi connectivity index (χ4v) is 3.94. The highest BCUT2D eigenvalue weighted by Crippen LogP contribution is 2.28. The van der Waals surface area contributed by atoms with E-state index in [0.29, 0.717) is 0 Å². The molecule has 1 aliphatic carbocycles. The number of rotatable bonds is 5. The molecule has 1 heterocycles. The van der Waals surface area contributed by atoms with Crippen LogP contribution in [-0.2, 0) is 13.0 Å². The predicted molar refractivity (Wildman–Crippen MR) is 90.8 cm³/mol. The van der Waals surface area contributed by atoms with Crippen LogP contribution >= 0.6 is 0 Å². The SMILES string of the molecule is CC(C)CN(Cc1ccc2c(c1)CCCN2)C1CCCC1. The van der Waals surface area contributed by atoms with Gasteiger partial charge in [-0.25, -0.2) is 0 Å². The minimum atomic E-state index is 0.755. The molecule has 0 atom stereocenters. The van der Waals surface area contributed by atoms with Crippen LogP contribution in [0.4, 0.5) is 5.69 Å². The molecule has 1 aromatic rings. The van der Waals surface area contributed by atoms with Crippen molar-refractivity contribution in [1.29, 1.82) is 0 Å². The summed E-state index contributed by atoms with van der Waals surface area (Å²) in [4.78, 5) is 2.75. The van der Waals surface area contributed by atoms with Gasteiger partial charge in [-0.05, 0) is 48.8 Å². The molecule has 0 radical (unpaired) electrons. The summed E-state index contributed by atoms with van der Waals surface area (Å²) in [5.74, 6) is 0.755. The van der Waals surface area contributed by atoms with Crippen LogP contribution in [0.5, 0.6) is 0 Å². The van der Waals surface area contributed by atoms with Crippen LogP contribution in [0.15, 0.2) is 18.2 Å². The number of nitrogens with one attached hydrogen (secondary N) is 1. The van der Waals surface area contributed by atoms with E-state index in [4.69, 9.17) is 0 Å². The molecule has 1 fully saturated rings. The van der Waals surface area contributed by atoms with Crippen molar-refractivity contribution in [3.63, 3.8) is 0 Å². The molecule has 1 aliphatic heterocycles. The Balaban J connectivity index is 1.72. The summed E-state index contributed by atoms with van der Waals surface area (Å²) in [7, 11) is 0. The third-order valence-electron chi connectivity index (χ3n) is 4.93. The fraction of sp³-hybridized carbons (Fsp3) is 0.684. The molecule has 116 valence electrons. The minimum Gasteiger partial charge on any atom is -0.385 e. The van der Waals surface area contributed by atoms with Crippen molar-refractivity contribution in [3.8, 4) is 0 Å². The summed E-state index contributed by atoms with van der Waals surface area (Å²) >= 11 is 0. The van der Waals surface area contributed by atoms with Gasteiger partial charge in [0.1, 0.15) is 0 Å². The molecule has 0 bridgehead atoms. The van der Waals surface area contributed by atoms with E-state index >= 15 is 0 Å². The van der Waals surface area contributed by atoms with E-state index in [2.05, 4.69) is 42.3 Å². The van der Waals surface area contributed by atoms with Crippen LogP contribution in [0.25, 0.3) is 0 Å². The zero-order chi connectivity index (χ0) is 14.7. The average molecular weight is 286 g/mol. The second kappa shape index (κ2) is 6.83. The van der Waals surface area contributed by atoms with Gasteiger partial charge < -0.3 is 5.32 Å². The third kappa shape index (κ3) is 3.79. The molecule has 0 amide bonds. The molecule has 1 N–H and O–H groups in total. The molecule has 2 nitrogen and oxygen atoms in total. The topological polar surface area (TPSA) is 15.3 Å². The largest absolute Gasteiger partial charge is 0.385 e. The van der Waals surface area contributed by atoms with E-state index in [1.54, 1.807) is 0 Å². The molecule has 1 saturated carbocycles. The summed E-state index contributed by atoms with van der Waals surface area (Å²) in [5.41, 5.74) is 4.39. The lowest BCUT2D eigenvalue weighted by Crippen LogP contribution is -2.35. The highest BCUT2D eigenvalue weighted by molar-refractivity contribution is 5.54. The summed E-state index contributed by atoms with van der Waals surface area (Å²) in [6.45, 7) is 8.20. The third-order valence-corrected chi connectivity index (χ3v) is 4.93. The smallest absolute Gasteiger partial charge is 0.0372 e. The van der Waals surface area contributed by atoms with Gasteiger partial charge in [0.05, 0.1) is 0 Å². The summed E-state index contributed by atoms with van der Waals surface area (Å²) < 4.78 is 0. The number of nitrogens with zero attached hydrogens (tertiary/aromatic N) is 1. The second-order valence-corrected chi connectivity index (χ2v) is 7.28. The molecule has 1 aromatic carbocycles. The second-order valence-electron chi connectivity index (χ2n) is 7.28. The lowest BCUT2D eigenvalue weighted by atomic mass is 10.00. The van der Waals surface area contributed by atoms with Crippen molar-refractivity contribution in [1.82, 2.24) is 4.90 Å². The van der Waals surface area contributed by atoms with Gasteiger partial charge in [-0.15, -0.1) is 0 Å². The summed E-state index contributed by atoms with van der Waals surface area (Å²) in [6.07, 6.45) is 8.16. The normalized spacial score (nSPS) is 19.0. The maximum absolute atomic E-state index is 3.52. The maximum Gasteiger partial charge on any atom is 0.0372 e. The van der Waals surface area contributed by atoms with Gasteiger partial charge in [-0.2, -0.15) is 0 Å². The average Bonchev–Trinajstić information content (AvgIpc) is 3.00. The molecular weight excluding hydrogens is 256 g/mol. The van der Waals surface area contributed by atoms with Crippen molar-refractivity contribution in [2.75, 3.05) is 18.4 Å². The van der Waals surface area contributed by atoms with E-state index < -0.39 is 0 Å². The lowest BCUT2D eigenvalue weighted by Gasteiger charge is -2.31. The Morgan fingerprint density at radius 3 is 2.76 bits per heavy atom. The standard InChI is InChI=1S/C19H30N2/c1-15(2)13-21(18-7-3-4-8-18)14-16-9-10-19-17(12-16)6-5-11-20-19/h9-10,12,15,18,20H,3-8,11,13-14H2,1-2H3. The van der Waals surface area contributed by atoms with E-state index in [9.17, 15) is 0 Å². The van der Waals surface area contributed by atoms with Crippen LogP contribution in [0, 0.1) is 5.92 Å². The molecule has 0 spiro atoms. The summed E-state index contributed by atoms with van der Waals surface area (Å²) in [6, 6.07) is 7.90. The first-order valence-corrected chi connectivity index (χ1v) is 8.82. The summed E-state index contributed by atoms with van der Waals surface area (Å²) in [5, 5.41) is 3.52. The Morgan fingerprint density at radius 2 is 2.00 bits per heavy atom. The highest BCUT2D eigenvalue weighted by atomic mass is 15.2. The predicted octanol–water partition coefficient (Wildman–Crippen LogP) is 4.45. The number of anilines is 1. The molecule has 2 heteroatoms. The zero-order valence-corrected chi connectivity index (χ0v) is 13.7. The van der Waals surface area contributed by atoms with Crippen molar-refractivity contribution >= 4 is 5.69 Å². The fourth-order valence-electron chi connectivity index (χ4n) is 3.94. The van der Waals surface area contributed by atoms with Crippen LogP contribution in [0.2, 0.25) is 0 Å². The molecule has 0 saturated heterocycles. The Kier molecular flexibility index (Phi) is 4.84. The minimum absolute atomic E-state index is 0.755. The quantitative estimate of drug-likeness (QED) is 0.860. The van der Waals surface area contributed by atoms with E-state index in [1.165, 1.54) is 61.9 Å². The maximum atomic E-state index is 3.52. The first-order valence-electron chi connectivity index (χ1n) is 8.82. The first kappa shape index (κ1) is 14.9. The van der Waals surface area contributed by atoms with Gasteiger partial charge in [0, 0.05) is 31.4 Å². The Hall–Kier alpha value is -1.02. The lowest BCUT2D eigenvalue weighted by molar-refractivity contribution is 0.168. The number of aryl methyl sites for hydroxylation is 1. The Labute approximate surface area is 129 Å².